The molecule has 0 bridgehead atoms. The average molecular weight is 347 g/mol. The van der Waals surface area contributed by atoms with E-state index >= 15 is 0 Å². The van der Waals surface area contributed by atoms with E-state index in [-0.39, 0.29) is 11.9 Å². The molecule has 6 heteroatoms. The van der Waals surface area contributed by atoms with Crippen molar-refractivity contribution in [1.82, 2.24) is 5.32 Å². The molecule has 1 atom stereocenters. The van der Waals surface area contributed by atoms with E-state index in [1.54, 1.807) is 37.3 Å². The van der Waals surface area contributed by atoms with Crippen molar-refractivity contribution in [3.63, 3.8) is 0 Å². The van der Waals surface area contributed by atoms with Gasteiger partial charge in [0.05, 0.1) is 12.6 Å². The Morgan fingerprint density at radius 3 is 2.50 bits per heavy atom. The van der Waals surface area contributed by atoms with Gasteiger partial charge in [0, 0.05) is 16.3 Å². The third-order valence-corrected chi connectivity index (χ3v) is 3.60. The number of carbonyl (C=O) groups excluding carboxylic acids is 2. The largest absolute Gasteiger partial charge is 0.450 e. The van der Waals surface area contributed by atoms with Crippen molar-refractivity contribution < 1.29 is 14.3 Å². The molecule has 24 heavy (non-hydrogen) atoms. The lowest BCUT2D eigenvalue weighted by molar-refractivity contribution is 0.0940. The van der Waals surface area contributed by atoms with Crippen LogP contribution in [0.1, 0.15) is 35.8 Å². The number of hydrogen-bond acceptors (Lipinski definition) is 3. The predicted molar refractivity (Wildman–Crippen MR) is 94.4 cm³/mol. The monoisotopic (exact) mass is 346 g/mol. The summed E-state index contributed by atoms with van der Waals surface area (Å²) in [4.78, 5) is 23.6. The molecule has 2 amide bonds. The van der Waals surface area contributed by atoms with Gasteiger partial charge in [0.15, 0.2) is 0 Å². The second-order valence-electron chi connectivity index (χ2n) is 5.17. The van der Waals surface area contributed by atoms with E-state index in [4.69, 9.17) is 16.3 Å². The summed E-state index contributed by atoms with van der Waals surface area (Å²) in [5.74, 6) is -0.204. The van der Waals surface area contributed by atoms with Gasteiger partial charge in [-0.25, -0.2) is 4.79 Å². The maximum Gasteiger partial charge on any atom is 0.411 e. The first kappa shape index (κ1) is 17.8. The normalized spacial score (nSPS) is 11.5. The van der Waals surface area contributed by atoms with Crippen LogP contribution >= 0.6 is 11.6 Å². The molecule has 0 aliphatic heterocycles. The van der Waals surface area contributed by atoms with E-state index in [0.717, 1.165) is 5.56 Å². The summed E-state index contributed by atoms with van der Waals surface area (Å²) in [5, 5.41) is 6.11. The Morgan fingerprint density at radius 1 is 1.17 bits per heavy atom. The molecule has 0 heterocycles. The van der Waals surface area contributed by atoms with Gasteiger partial charge in [0.1, 0.15) is 0 Å². The molecule has 0 aliphatic rings. The van der Waals surface area contributed by atoms with Crippen LogP contribution in [-0.4, -0.2) is 18.6 Å². The van der Waals surface area contributed by atoms with Gasteiger partial charge in [-0.1, -0.05) is 23.7 Å². The quantitative estimate of drug-likeness (QED) is 0.843. The SMILES string of the molecule is CCOC(=O)Nc1ccc(C(=O)N[C@@H](C)c2cccc(Cl)c2)cc1. The van der Waals surface area contributed by atoms with E-state index in [1.165, 1.54) is 0 Å². The number of halogens is 1. The molecule has 126 valence electrons. The molecule has 2 aromatic rings. The number of amides is 2. The van der Waals surface area contributed by atoms with Crippen molar-refractivity contribution in [2.45, 2.75) is 19.9 Å². The highest BCUT2D eigenvalue weighted by Gasteiger charge is 2.12. The number of nitrogens with one attached hydrogen (secondary N) is 2. The van der Waals surface area contributed by atoms with Gasteiger partial charge in [-0.3, -0.25) is 10.1 Å². The van der Waals surface area contributed by atoms with Gasteiger partial charge < -0.3 is 10.1 Å². The maximum atomic E-state index is 12.3. The van der Waals surface area contributed by atoms with Crippen LogP contribution in [0.15, 0.2) is 48.5 Å². The van der Waals surface area contributed by atoms with Gasteiger partial charge >= 0.3 is 6.09 Å². The molecule has 0 unspecified atom stereocenters. The Balaban J connectivity index is 1.98. The first-order valence-electron chi connectivity index (χ1n) is 7.59. The molecule has 0 aliphatic carbocycles. The fraction of sp³-hybridized carbons (Fsp3) is 0.222. The zero-order valence-electron chi connectivity index (χ0n) is 13.5. The van der Waals surface area contributed by atoms with Gasteiger partial charge in [0.25, 0.3) is 5.91 Å². The average Bonchev–Trinajstić information content (AvgIpc) is 2.55. The minimum atomic E-state index is -0.524. The standard InChI is InChI=1S/C18H19ClN2O3/c1-3-24-18(23)21-16-9-7-13(8-10-16)17(22)20-12(2)14-5-4-6-15(19)11-14/h4-12H,3H2,1-2H3,(H,20,22)(H,21,23)/t12-/m0/s1. The molecule has 0 aromatic heterocycles. The van der Waals surface area contributed by atoms with Crippen LogP contribution in [0, 0.1) is 0 Å². The van der Waals surface area contributed by atoms with Crippen molar-refractivity contribution >= 4 is 29.3 Å². The third kappa shape index (κ3) is 4.99. The van der Waals surface area contributed by atoms with Gasteiger partial charge in [-0.2, -0.15) is 0 Å². The number of benzene rings is 2. The van der Waals surface area contributed by atoms with Gasteiger partial charge in [-0.05, 0) is 55.8 Å². The molecule has 2 rings (SSSR count). The van der Waals surface area contributed by atoms with Crippen molar-refractivity contribution in [1.29, 1.82) is 0 Å². The van der Waals surface area contributed by atoms with Crippen LogP contribution in [0.2, 0.25) is 5.02 Å². The Morgan fingerprint density at radius 2 is 1.88 bits per heavy atom. The van der Waals surface area contributed by atoms with Crippen LogP contribution in [0.4, 0.5) is 10.5 Å². The van der Waals surface area contributed by atoms with Crippen LogP contribution in [0.25, 0.3) is 0 Å². The molecule has 2 aromatic carbocycles. The fourth-order valence-electron chi connectivity index (χ4n) is 2.13. The summed E-state index contributed by atoms with van der Waals surface area (Å²) in [5.41, 5.74) is 1.99. The molecule has 0 radical (unpaired) electrons. The molecule has 0 spiro atoms. The van der Waals surface area contributed by atoms with Crippen LogP contribution in [0.5, 0.6) is 0 Å². The summed E-state index contributed by atoms with van der Waals surface area (Å²) < 4.78 is 4.79. The maximum absolute atomic E-state index is 12.3. The number of anilines is 1. The van der Waals surface area contributed by atoms with Crippen LogP contribution in [0.3, 0.4) is 0 Å². The molecule has 2 N–H and O–H groups in total. The Labute approximate surface area is 146 Å². The lowest BCUT2D eigenvalue weighted by atomic mass is 10.1. The van der Waals surface area contributed by atoms with Crippen LogP contribution < -0.4 is 10.6 Å². The Kier molecular flexibility index (Phi) is 6.21. The number of ether oxygens (including phenoxy) is 1. The minimum Gasteiger partial charge on any atom is -0.450 e. The predicted octanol–water partition coefficient (Wildman–Crippen LogP) is 4.40. The second-order valence-corrected chi connectivity index (χ2v) is 5.61. The fourth-order valence-corrected chi connectivity index (χ4v) is 2.33. The van der Waals surface area contributed by atoms with E-state index in [1.807, 2.05) is 25.1 Å². The van der Waals surface area contributed by atoms with E-state index in [0.29, 0.717) is 22.9 Å². The lowest BCUT2D eigenvalue weighted by Gasteiger charge is -2.15. The smallest absolute Gasteiger partial charge is 0.411 e. The van der Waals surface area contributed by atoms with E-state index in [2.05, 4.69) is 10.6 Å². The zero-order valence-corrected chi connectivity index (χ0v) is 14.3. The Hall–Kier alpha value is -2.53. The zero-order chi connectivity index (χ0) is 17.5. The third-order valence-electron chi connectivity index (χ3n) is 3.37. The van der Waals surface area contributed by atoms with E-state index < -0.39 is 6.09 Å². The topological polar surface area (TPSA) is 67.4 Å². The summed E-state index contributed by atoms with van der Waals surface area (Å²) in [7, 11) is 0. The Bertz CT molecular complexity index is 716. The van der Waals surface area contributed by atoms with Crippen molar-refractivity contribution in [3.8, 4) is 0 Å². The lowest BCUT2D eigenvalue weighted by Crippen LogP contribution is -2.26. The molecule has 0 saturated heterocycles. The summed E-state index contributed by atoms with van der Waals surface area (Å²) >= 11 is 5.97. The minimum absolute atomic E-state index is 0.173. The summed E-state index contributed by atoms with van der Waals surface area (Å²) in [6.07, 6.45) is -0.524. The molecule has 0 fully saturated rings. The number of rotatable bonds is 5. The first-order chi connectivity index (χ1) is 11.5. The summed E-state index contributed by atoms with van der Waals surface area (Å²) in [6.45, 7) is 3.92. The highest BCUT2D eigenvalue weighted by molar-refractivity contribution is 6.30. The molecular formula is C18H19ClN2O3. The second kappa shape index (κ2) is 8.36. The molecular weight excluding hydrogens is 328 g/mol. The van der Waals surface area contributed by atoms with Crippen molar-refractivity contribution in [2.24, 2.45) is 0 Å². The summed E-state index contributed by atoms with van der Waals surface area (Å²) in [6, 6.07) is 13.8. The van der Waals surface area contributed by atoms with Crippen molar-refractivity contribution in [3.05, 3.63) is 64.7 Å². The van der Waals surface area contributed by atoms with E-state index in [9.17, 15) is 9.59 Å². The van der Waals surface area contributed by atoms with Gasteiger partial charge in [0.2, 0.25) is 0 Å². The first-order valence-corrected chi connectivity index (χ1v) is 7.97. The number of hydrogen-bond donors (Lipinski definition) is 2. The highest BCUT2D eigenvalue weighted by Crippen LogP contribution is 2.18. The van der Waals surface area contributed by atoms with Crippen LogP contribution in [-0.2, 0) is 4.74 Å². The molecule has 0 saturated carbocycles. The molecule has 5 nitrogen and oxygen atoms in total. The number of carbonyl (C=O) groups is 2. The van der Waals surface area contributed by atoms with Crippen molar-refractivity contribution in [2.75, 3.05) is 11.9 Å². The highest BCUT2D eigenvalue weighted by atomic mass is 35.5. The van der Waals surface area contributed by atoms with Gasteiger partial charge in [-0.15, -0.1) is 0 Å².